The summed E-state index contributed by atoms with van der Waals surface area (Å²) in [6, 6.07) is 12.4. The maximum Gasteiger partial charge on any atom is 0.295 e. The number of likely N-dealkylation sites (tertiary alicyclic amines) is 1. The first-order chi connectivity index (χ1) is 16.4. The fourth-order valence-corrected chi connectivity index (χ4v) is 4.69. The van der Waals surface area contributed by atoms with Crippen LogP contribution in [0.1, 0.15) is 34.7 Å². The van der Waals surface area contributed by atoms with Crippen LogP contribution < -0.4 is 4.74 Å². The van der Waals surface area contributed by atoms with E-state index in [2.05, 4.69) is 4.90 Å². The van der Waals surface area contributed by atoms with Gasteiger partial charge in [0.05, 0.1) is 31.9 Å². The second kappa shape index (κ2) is 10.4. The zero-order valence-corrected chi connectivity index (χ0v) is 20.0. The average Bonchev–Trinajstić information content (AvgIpc) is 3.11. The summed E-state index contributed by atoms with van der Waals surface area (Å²) in [4.78, 5) is 30.3. The number of methoxy groups -OCH3 is 1. The van der Waals surface area contributed by atoms with Gasteiger partial charge in [0.2, 0.25) is 0 Å². The molecule has 1 N–H and O–H groups in total. The van der Waals surface area contributed by atoms with Gasteiger partial charge in [-0.25, -0.2) is 0 Å². The van der Waals surface area contributed by atoms with E-state index in [1.807, 2.05) is 56.3 Å². The van der Waals surface area contributed by atoms with Crippen molar-refractivity contribution in [3.05, 3.63) is 70.3 Å². The van der Waals surface area contributed by atoms with Crippen LogP contribution in [-0.4, -0.2) is 73.1 Å². The first-order valence-electron chi connectivity index (χ1n) is 11.7. The van der Waals surface area contributed by atoms with Crippen molar-refractivity contribution < 1.29 is 24.2 Å². The molecular formula is C27H32N2O5. The number of aryl methyl sites for hydroxylation is 2. The quantitative estimate of drug-likeness (QED) is 0.384. The van der Waals surface area contributed by atoms with Gasteiger partial charge in [-0.1, -0.05) is 29.8 Å². The minimum absolute atomic E-state index is 0.123. The summed E-state index contributed by atoms with van der Waals surface area (Å²) < 4.78 is 10.8. The standard InChI is InChI=1S/C27H32N2O5/c1-18-8-9-19(2)22(16-18)25(30)23-24(20-6-4-7-21(17-20)33-3)29(27(32)26(23)31)11-5-10-28-12-14-34-15-13-28/h4,6-9,16-17,24,30H,5,10-15H2,1-3H3. The van der Waals surface area contributed by atoms with E-state index in [9.17, 15) is 14.7 Å². The Morgan fingerprint density at radius 2 is 1.85 bits per heavy atom. The van der Waals surface area contributed by atoms with Gasteiger partial charge >= 0.3 is 0 Å². The molecule has 7 nitrogen and oxygen atoms in total. The van der Waals surface area contributed by atoms with Gasteiger partial charge in [-0.3, -0.25) is 14.5 Å². The van der Waals surface area contributed by atoms with Crippen LogP contribution in [0, 0.1) is 13.8 Å². The first kappa shape index (κ1) is 24.0. The monoisotopic (exact) mass is 464 g/mol. The third kappa shape index (κ3) is 4.86. The number of nitrogens with zero attached hydrogens (tertiary/aromatic N) is 2. The third-order valence-electron chi connectivity index (χ3n) is 6.57. The number of amides is 1. The molecule has 0 aromatic heterocycles. The molecule has 0 radical (unpaired) electrons. The van der Waals surface area contributed by atoms with E-state index < -0.39 is 17.7 Å². The Morgan fingerprint density at radius 1 is 1.09 bits per heavy atom. The van der Waals surface area contributed by atoms with Crippen LogP contribution in [0.3, 0.4) is 0 Å². The molecule has 2 saturated heterocycles. The molecule has 0 aliphatic carbocycles. The van der Waals surface area contributed by atoms with Crippen molar-refractivity contribution in [2.45, 2.75) is 26.3 Å². The molecule has 4 rings (SSSR count). The smallest absolute Gasteiger partial charge is 0.295 e. The molecule has 180 valence electrons. The summed E-state index contributed by atoms with van der Waals surface area (Å²) in [5.41, 5.74) is 3.23. The van der Waals surface area contributed by atoms with Gasteiger partial charge in [0.15, 0.2) is 0 Å². The minimum atomic E-state index is -0.681. The van der Waals surface area contributed by atoms with Crippen LogP contribution in [-0.2, 0) is 14.3 Å². The van der Waals surface area contributed by atoms with Crippen LogP contribution in [0.15, 0.2) is 48.0 Å². The molecule has 7 heteroatoms. The van der Waals surface area contributed by atoms with Gasteiger partial charge in [-0.15, -0.1) is 0 Å². The van der Waals surface area contributed by atoms with Gasteiger partial charge < -0.3 is 19.5 Å². The van der Waals surface area contributed by atoms with Crippen molar-refractivity contribution >= 4 is 17.4 Å². The summed E-state index contributed by atoms with van der Waals surface area (Å²) in [7, 11) is 1.58. The summed E-state index contributed by atoms with van der Waals surface area (Å²) in [6.45, 7) is 8.19. The van der Waals surface area contributed by atoms with Crippen molar-refractivity contribution in [1.29, 1.82) is 0 Å². The lowest BCUT2D eigenvalue weighted by molar-refractivity contribution is -0.140. The number of hydrogen-bond donors (Lipinski definition) is 1. The topological polar surface area (TPSA) is 79.3 Å². The molecule has 2 fully saturated rings. The zero-order valence-electron chi connectivity index (χ0n) is 20.0. The number of morpholine rings is 1. The highest BCUT2D eigenvalue weighted by atomic mass is 16.5. The summed E-state index contributed by atoms with van der Waals surface area (Å²) >= 11 is 0. The van der Waals surface area contributed by atoms with Crippen molar-refractivity contribution in [3.8, 4) is 5.75 Å². The minimum Gasteiger partial charge on any atom is -0.507 e. The van der Waals surface area contributed by atoms with Gasteiger partial charge in [-0.2, -0.15) is 0 Å². The van der Waals surface area contributed by atoms with Crippen LogP contribution in [0.25, 0.3) is 5.76 Å². The molecule has 2 aliphatic heterocycles. The third-order valence-corrected chi connectivity index (χ3v) is 6.57. The number of ketones is 1. The molecular weight excluding hydrogens is 432 g/mol. The van der Waals surface area contributed by atoms with Crippen molar-refractivity contribution in [2.75, 3.05) is 46.5 Å². The van der Waals surface area contributed by atoms with Gasteiger partial charge in [0, 0.05) is 31.7 Å². The predicted octanol–water partition coefficient (Wildman–Crippen LogP) is 3.46. The first-order valence-corrected chi connectivity index (χ1v) is 11.7. The fraction of sp³-hybridized carbons (Fsp3) is 0.407. The van der Waals surface area contributed by atoms with Crippen molar-refractivity contribution in [3.63, 3.8) is 0 Å². The van der Waals surface area contributed by atoms with Crippen LogP contribution in [0.2, 0.25) is 0 Å². The second-order valence-corrected chi connectivity index (χ2v) is 8.90. The van der Waals surface area contributed by atoms with Crippen LogP contribution >= 0.6 is 0 Å². The average molecular weight is 465 g/mol. The van der Waals surface area contributed by atoms with Gasteiger partial charge in [0.1, 0.15) is 11.5 Å². The lowest BCUT2D eigenvalue weighted by Crippen LogP contribution is -2.38. The Labute approximate surface area is 200 Å². The Balaban J connectivity index is 1.72. The Kier molecular flexibility index (Phi) is 7.34. The Bertz CT molecular complexity index is 1100. The number of hydrogen-bond acceptors (Lipinski definition) is 6. The van der Waals surface area contributed by atoms with Crippen molar-refractivity contribution in [1.82, 2.24) is 9.80 Å². The highest BCUT2D eigenvalue weighted by Gasteiger charge is 2.46. The SMILES string of the molecule is COc1cccc(C2C(=C(O)c3cc(C)ccc3C)C(=O)C(=O)N2CCCN2CCOCC2)c1. The van der Waals surface area contributed by atoms with E-state index in [-0.39, 0.29) is 11.3 Å². The molecule has 2 aromatic carbocycles. The van der Waals surface area contributed by atoms with E-state index in [4.69, 9.17) is 9.47 Å². The number of carbonyl (C=O) groups excluding carboxylic acids is 2. The summed E-state index contributed by atoms with van der Waals surface area (Å²) in [5, 5.41) is 11.3. The molecule has 2 aromatic rings. The molecule has 1 amide bonds. The predicted molar refractivity (Wildman–Crippen MR) is 130 cm³/mol. The highest BCUT2D eigenvalue weighted by molar-refractivity contribution is 6.46. The Hall–Kier alpha value is -3.16. The molecule has 1 atom stereocenters. The normalized spacial score (nSPS) is 20.7. The van der Waals surface area contributed by atoms with Crippen molar-refractivity contribution in [2.24, 2.45) is 0 Å². The van der Waals surface area contributed by atoms with Crippen LogP contribution in [0.5, 0.6) is 5.75 Å². The van der Waals surface area contributed by atoms with E-state index >= 15 is 0 Å². The maximum atomic E-state index is 13.3. The second-order valence-electron chi connectivity index (χ2n) is 8.90. The lowest BCUT2D eigenvalue weighted by Gasteiger charge is -2.29. The van der Waals surface area contributed by atoms with Crippen LogP contribution in [0.4, 0.5) is 0 Å². The summed E-state index contributed by atoms with van der Waals surface area (Å²) in [5.74, 6) is -0.745. The molecule has 0 bridgehead atoms. The molecule has 34 heavy (non-hydrogen) atoms. The molecule has 2 heterocycles. The van der Waals surface area contributed by atoms with E-state index in [1.54, 1.807) is 12.0 Å². The van der Waals surface area contributed by atoms with Gasteiger partial charge in [-0.05, 0) is 49.6 Å². The highest BCUT2D eigenvalue weighted by Crippen LogP contribution is 2.40. The number of aliphatic hydroxyl groups is 1. The number of ether oxygens (including phenoxy) is 2. The zero-order chi connectivity index (χ0) is 24.2. The van der Waals surface area contributed by atoms with E-state index in [0.717, 1.165) is 42.7 Å². The largest absolute Gasteiger partial charge is 0.507 e. The molecule has 2 aliphatic rings. The number of Topliss-reactive ketones (excluding diaryl/α,β-unsaturated/α-hetero) is 1. The summed E-state index contributed by atoms with van der Waals surface area (Å²) in [6.07, 6.45) is 0.719. The van der Waals surface area contributed by atoms with E-state index in [1.165, 1.54) is 0 Å². The fourth-order valence-electron chi connectivity index (χ4n) is 4.69. The van der Waals surface area contributed by atoms with Gasteiger partial charge in [0.25, 0.3) is 11.7 Å². The molecule has 0 saturated carbocycles. The lowest BCUT2D eigenvalue weighted by atomic mass is 9.93. The Morgan fingerprint density at radius 3 is 2.59 bits per heavy atom. The number of benzene rings is 2. The molecule has 0 spiro atoms. The maximum absolute atomic E-state index is 13.3. The number of rotatable bonds is 7. The molecule has 1 unspecified atom stereocenters. The number of aliphatic hydroxyl groups excluding tert-OH is 1. The number of carbonyl (C=O) groups is 2. The van der Waals surface area contributed by atoms with E-state index in [0.29, 0.717) is 31.1 Å².